The zero-order chi connectivity index (χ0) is 17.4. The molecule has 0 unspecified atom stereocenters. The number of hydrogen-bond donors (Lipinski definition) is 0. The number of hydrogen-bond acceptors (Lipinski definition) is 5. The highest BCUT2D eigenvalue weighted by Gasteiger charge is 2.13. The van der Waals surface area contributed by atoms with Crippen molar-refractivity contribution in [2.75, 3.05) is 0 Å². The molecule has 0 aliphatic rings. The Morgan fingerprint density at radius 1 is 1.12 bits per heavy atom. The van der Waals surface area contributed by atoms with Gasteiger partial charge in [-0.25, -0.2) is 14.8 Å². The Morgan fingerprint density at radius 3 is 2.88 bits per heavy atom. The van der Waals surface area contributed by atoms with Crippen LogP contribution in [0.1, 0.15) is 21.7 Å². The smallest absolute Gasteiger partial charge is 0.358 e. The molecule has 4 heterocycles. The van der Waals surface area contributed by atoms with Crippen molar-refractivity contribution < 1.29 is 9.53 Å². The van der Waals surface area contributed by atoms with Crippen LogP contribution in [0, 0.1) is 6.92 Å². The van der Waals surface area contributed by atoms with Crippen molar-refractivity contribution in [1.29, 1.82) is 0 Å². The Labute approximate surface area is 142 Å². The monoisotopic (exact) mass is 334 g/mol. The normalized spacial score (nSPS) is 11.1. The van der Waals surface area contributed by atoms with Gasteiger partial charge in [0.05, 0.1) is 5.69 Å². The lowest BCUT2D eigenvalue weighted by atomic mass is 10.3. The summed E-state index contributed by atoms with van der Waals surface area (Å²) >= 11 is 0. The number of ether oxygens (including phenoxy) is 1. The van der Waals surface area contributed by atoms with E-state index in [0.717, 1.165) is 5.56 Å². The minimum absolute atomic E-state index is 0.0909. The van der Waals surface area contributed by atoms with Gasteiger partial charge in [-0.2, -0.15) is 0 Å². The van der Waals surface area contributed by atoms with E-state index in [1.165, 1.54) is 10.5 Å². The zero-order valence-electron chi connectivity index (χ0n) is 13.4. The molecule has 0 radical (unpaired) electrons. The number of carbonyl (C=O) groups is 1. The fraction of sp³-hybridized carbons (Fsp3) is 0.111. The largest absolute Gasteiger partial charge is 0.454 e. The number of carbonyl (C=O) groups excluding carboxylic acids is 1. The number of nitrogens with zero attached hydrogens (tertiary/aromatic N) is 4. The average molecular weight is 334 g/mol. The Balaban J connectivity index is 1.55. The van der Waals surface area contributed by atoms with E-state index in [2.05, 4.69) is 9.97 Å². The molecule has 25 heavy (non-hydrogen) atoms. The van der Waals surface area contributed by atoms with Crippen LogP contribution >= 0.6 is 0 Å². The first-order valence-corrected chi connectivity index (χ1v) is 7.70. The molecule has 0 aromatic carbocycles. The van der Waals surface area contributed by atoms with Crippen LogP contribution in [0.15, 0.2) is 59.8 Å². The maximum atomic E-state index is 12.2. The van der Waals surface area contributed by atoms with Crippen molar-refractivity contribution in [3.8, 4) is 0 Å². The maximum absolute atomic E-state index is 12.2. The lowest BCUT2D eigenvalue weighted by Crippen LogP contribution is -2.16. The van der Waals surface area contributed by atoms with Crippen molar-refractivity contribution in [2.24, 2.45) is 0 Å². The van der Waals surface area contributed by atoms with E-state index in [0.29, 0.717) is 17.0 Å². The molecule has 4 aromatic heterocycles. The summed E-state index contributed by atoms with van der Waals surface area (Å²) in [5, 5.41) is 0. The molecule has 0 spiro atoms. The number of imidazole rings is 1. The molecule has 0 N–H and O–H groups in total. The van der Waals surface area contributed by atoms with Gasteiger partial charge < -0.3 is 9.14 Å². The number of aryl methyl sites for hydroxylation is 1. The van der Waals surface area contributed by atoms with Gasteiger partial charge in [-0.05, 0) is 36.8 Å². The van der Waals surface area contributed by atoms with Gasteiger partial charge in [0, 0.05) is 24.7 Å². The molecule has 0 aliphatic heterocycles. The van der Waals surface area contributed by atoms with Gasteiger partial charge in [0.1, 0.15) is 17.9 Å². The highest BCUT2D eigenvalue weighted by molar-refractivity contribution is 5.87. The van der Waals surface area contributed by atoms with E-state index < -0.39 is 5.97 Å². The third-order valence-electron chi connectivity index (χ3n) is 3.80. The highest BCUT2D eigenvalue weighted by atomic mass is 16.5. The Morgan fingerprint density at radius 2 is 2.00 bits per heavy atom. The first-order valence-electron chi connectivity index (χ1n) is 7.70. The molecule has 0 aliphatic carbocycles. The first-order chi connectivity index (χ1) is 12.1. The standard InChI is InChI=1S/C18H14N4O3/c1-12-5-7-21-10-14(20-16(21)8-12)18(24)25-11-13-9-17(23)22-6-3-2-4-15(22)19-13/h2-10H,11H2,1H3. The summed E-state index contributed by atoms with van der Waals surface area (Å²) in [4.78, 5) is 32.8. The summed E-state index contributed by atoms with van der Waals surface area (Å²) in [6, 6.07) is 10.4. The molecule has 7 nitrogen and oxygen atoms in total. The van der Waals surface area contributed by atoms with Crippen molar-refractivity contribution in [1.82, 2.24) is 18.8 Å². The molecule has 4 rings (SSSR count). The summed E-state index contributed by atoms with van der Waals surface area (Å²) in [5.41, 5.74) is 2.62. The van der Waals surface area contributed by atoms with Gasteiger partial charge in [0.15, 0.2) is 5.69 Å². The van der Waals surface area contributed by atoms with Gasteiger partial charge in [-0.1, -0.05) is 6.07 Å². The fourth-order valence-corrected chi connectivity index (χ4v) is 2.57. The van der Waals surface area contributed by atoms with Crippen LogP contribution in [-0.4, -0.2) is 24.7 Å². The molecule has 0 atom stereocenters. The molecular weight excluding hydrogens is 320 g/mol. The molecule has 4 aromatic rings. The van der Waals surface area contributed by atoms with Gasteiger partial charge in [-0.15, -0.1) is 0 Å². The number of rotatable bonds is 3. The van der Waals surface area contributed by atoms with Crippen LogP contribution in [0.25, 0.3) is 11.3 Å². The lowest BCUT2D eigenvalue weighted by Gasteiger charge is -2.04. The second-order valence-corrected chi connectivity index (χ2v) is 5.69. The predicted octanol–water partition coefficient (Wildman–Crippen LogP) is 2.01. The van der Waals surface area contributed by atoms with Gasteiger partial charge in [0.25, 0.3) is 5.56 Å². The van der Waals surface area contributed by atoms with Crippen LogP contribution in [0.4, 0.5) is 0 Å². The second-order valence-electron chi connectivity index (χ2n) is 5.69. The minimum Gasteiger partial charge on any atom is -0.454 e. The van der Waals surface area contributed by atoms with E-state index in [1.54, 1.807) is 35.0 Å². The molecule has 0 fully saturated rings. The van der Waals surface area contributed by atoms with Crippen LogP contribution in [0.2, 0.25) is 0 Å². The number of aromatic nitrogens is 4. The molecule has 124 valence electrons. The topological polar surface area (TPSA) is 78.0 Å². The summed E-state index contributed by atoms with van der Waals surface area (Å²) in [5.74, 6) is -0.559. The Bertz CT molecular complexity index is 1160. The maximum Gasteiger partial charge on any atom is 0.358 e. The summed E-state index contributed by atoms with van der Waals surface area (Å²) < 4.78 is 8.43. The quantitative estimate of drug-likeness (QED) is 0.536. The molecule has 0 amide bonds. The summed E-state index contributed by atoms with van der Waals surface area (Å²) in [6.45, 7) is 1.86. The third kappa shape index (κ3) is 2.87. The molecular formula is C18H14N4O3. The molecule has 0 bridgehead atoms. The van der Waals surface area contributed by atoms with Crippen LogP contribution in [-0.2, 0) is 11.3 Å². The zero-order valence-corrected chi connectivity index (χ0v) is 13.4. The van der Waals surface area contributed by atoms with Crippen LogP contribution < -0.4 is 5.56 Å². The Hall–Kier alpha value is -3.48. The average Bonchev–Trinajstić information content (AvgIpc) is 3.03. The van der Waals surface area contributed by atoms with E-state index in [1.807, 2.05) is 25.3 Å². The van der Waals surface area contributed by atoms with Crippen molar-refractivity contribution in [2.45, 2.75) is 13.5 Å². The van der Waals surface area contributed by atoms with E-state index in [-0.39, 0.29) is 17.9 Å². The lowest BCUT2D eigenvalue weighted by molar-refractivity contribution is 0.0461. The van der Waals surface area contributed by atoms with E-state index in [4.69, 9.17) is 4.74 Å². The van der Waals surface area contributed by atoms with Gasteiger partial charge in [0.2, 0.25) is 0 Å². The minimum atomic E-state index is -0.559. The Kier molecular flexibility index (Phi) is 3.53. The third-order valence-corrected chi connectivity index (χ3v) is 3.80. The van der Waals surface area contributed by atoms with Crippen molar-refractivity contribution in [3.05, 3.63) is 82.3 Å². The molecule has 0 saturated heterocycles. The fourth-order valence-electron chi connectivity index (χ4n) is 2.57. The van der Waals surface area contributed by atoms with Gasteiger partial charge in [-0.3, -0.25) is 9.20 Å². The van der Waals surface area contributed by atoms with E-state index >= 15 is 0 Å². The summed E-state index contributed by atoms with van der Waals surface area (Å²) in [7, 11) is 0. The first kappa shape index (κ1) is 15.1. The molecule has 0 saturated carbocycles. The predicted molar refractivity (Wildman–Crippen MR) is 90.5 cm³/mol. The summed E-state index contributed by atoms with van der Waals surface area (Å²) in [6.07, 6.45) is 5.08. The van der Waals surface area contributed by atoms with Crippen LogP contribution in [0.5, 0.6) is 0 Å². The SMILES string of the molecule is Cc1ccn2cc(C(=O)OCc3cc(=O)n4ccccc4n3)nc2c1. The van der Waals surface area contributed by atoms with Crippen molar-refractivity contribution in [3.63, 3.8) is 0 Å². The number of fused-ring (bicyclic) bond motifs is 2. The van der Waals surface area contributed by atoms with Crippen LogP contribution in [0.3, 0.4) is 0 Å². The molecule has 7 heteroatoms. The number of pyridine rings is 2. The van der Waals surface area contributed by atoms with Gasteiger partial charge >= 0.3 is 5.97 Å². The number of esters is 1. The van der Waals surface area contributed by atoms with Crippen molar-refractivity contribution >= 4 is 17.3 Å². The highest BCUT2D eigenvalue weighted by Crippen LogP contribution is 2.09. The second kappa shape index (κ2) is 5.86. The van der Waals surface area contributed by atoms with E-state index in [9.17, 15) is 9.59 Å².